The van der Waals surface area contributed by atoms with E-state index in [4.69, 9.17) is 4.84 Å². The molecule has 1 aliphatic rings. The third kappa shape index (κ3) is 3.06. The summed E-state index contributed by atoms with van der Waals surface area (Å²) in [7, 11) is 0. The van der Waals surface area contributed by atoms with Crippen LogP contribution in [0.3, 0.4) is 0 Å². The van der Waals surface area contributed by atoms with Crippen LogP contribution >= 0.6 is 0 Å². The highest BCUT2D eigenvalue weighted by Gasteiger charge is 2.38. The van der Waals surface area contributed by atoms with Gasteiger partial charge in [0.05, 0.1) is 17.5 Å². The Morgan fingerprint density at radius 3 is 2.00 bits per heavy atom. The van der Waals surface area contributed by atoms with Gasteiger partial charge in [-0.15, -0.1) is 0 Å². The molecule has 0 aliphatic carbocycles. The Morgan fingerprint density at radius 2 is 1.46 bits per heavy atom. The quantitative estimate of drug-likeness (QED) is 0.794. The number of fused-ring (bicyclic) bond motifs is 1. The van der Waals surface area contributed by atoms with Crippen LogP contribution in [0.15, 0.2) is 48.5 Å². The van der Waals surface area contributed by atoms with Crippen LogP contribution in [0.5, 0.6) is 0 Å². The van der Waals surface area contributed by atoms with Crippen LogP contribution in [0.1, 0.15) is 45.2 Å². The molecular weight excluding hydrogens is 306 g/mol. The Morgan fingerprint density at radius 1 is 0.917 bits per heavy atom. The van der Waals surface area contributed by atoms with Crippen molar-refractivity contribution in [1.29, 1.82) is 0 Å². The van der Waals surface area contributed by atoms with E-state index in [2.05, 4.69) is 6.92 Å². The zero-order valence-corrected chi connectivity index (χ0v) is 13.3. The van der Waals surface area contributed by atoms with E-state index in [0.717, 1.165) is 18.4 Å². The van der Waals surface area contributed by atoms with E-state index in [1.165, 1.54) is 17.7 Å². The van der Waals surface area contributed by atoms with Gasteiger partial charge in [-0.2, -0.15) is 0 Å². The number of imide groups is 1. The van der Waals surface area contributed by atoms with E-state index >= 15 is 0 Å². The maximum absolute atomic E-state index is 12.1. The minimum atomic E-state index is -0.646. The lowest BCUT2D eigenvalue weighted by Crippen LogP contribution is -2.33. The summed E-state index contributed by atoms with van der Waals surface area (Å²) >= 11 is 0. The van der Waals surface area contributed by atoms with E-state index < -0.39 is 17.8 Å². The molecule has 0 unspecified atom stereocenters. The van der Waals surface area contributed by atoms with Crippen molar-refractivity contribution in [2.75, 3.05) is 0 Å². The number of carbonyl (C=O) groups is 3. The van der Waals surface area contributed by atoms with Gasteiger partial charge in [-0.05, 0) is 29.7 Å². The van der Waals surface area contributed by atoms with Gasteiger partial charge in [0.15, 0.2) is 0 Å². The molecule has 5 nitrogen and oxygen atoms in total. The molecule has 1 aliphatic heterocycles. The van der Waals surface area contributed by atoms with E-state index in [1.807, 2.05) is 24.3 Å². The lowest BCUT2D eigenvalue weighted by Gasteiger charge is -2.12. The van der Waals surface area contributed by atoms with Crippen LogP contribution < -0.4 is 0 Å². The summed E-state index contributed by atoms with van der Waals surface area (Å²) in [5.74, 6) is -1.86. The van der Waals surface area contributed by atoms with Crippen molar-refractivity contribution >= 4 is 17.8 Å². The number of benzene rings is 2. The summed E-state index contributed by atoms with van der Waals surface area (Å²) in [5, 5.41) is 0.540. The second-order valence-corrected chi connectivity index (χ2v) is 5.66. The zero-order valence-electron chi connectivity index (χ0n) is 13.3. The van der Waals surface area contributed by atoms with E-state index in [9.17, 15) is 14.4 Å². The monoisotopic (exact) mass is 323 g/mol. The predicted molar refractivity (Wildman–Crippen MR) is 87.2 cm³/mol. The summed E-state index contributed by atoms with van der Waals surface area (Å²) in [5.41, 5.74) is 2.48. The third-order valence-corrected chi connectivity index (χ3v) is 3.86. The molecular formula is C19H17NO4. The average Bonchev–Trinajstić information content (AvgIpc) is 2.82. The Labute approximate surface area is 139 Å². The highest BCUT2D eigenvalue weighted by atomic mass is 16.7. The topological polar surface area (TPSA) is 63.7 Å². The number of nitrogens with zero attached hydrogens (tertiary/aromatic N) is 1. The largest absolute Gasteiger partial charge is 0.337 e. The number of rotatable bonds is 5. The molecule has 0 fully saturated rings. The number of amides is 2. The molecule has 2 aromatic rings. The number of hydrogen-bond acceptors (Lipinski definition) is 4. The molecule has 0 spiro atoms. The summed E-state index contributed by atoms with van der Waals surface area (Å²) in [6.07, 6.45) is 2.04. The number of carbonyl (C=O) groups excluding carboxylic acids is 3. The molecule has 0 N–H and O–H groups in total. The van der Waals surface area contributed by atoms with Crippen LogP contribution in [-0.4, -0.2) is 22.8 Å². The van der Waals surface area contributed by atoms with Gasteiger partial charge in [-0.25, -0.2) is 4.79 Å². The fraction of sp³-hybridized carbons (Fsp3) is 0.211. The second-order valence-electron chi connectivity index (χ2n) is 5.66. The molecule has 0 saturated heterocycles. The molecule has 5 heteroatoms. The smallest absolute Gasteiger partial charge is 0.329 e. The maximum atomic E-state index is 12.1. The first kappa shape index (κ1) is 15.9. The van der Waals surface area contributed by atoms with E-state index in [0.29, 0.717) is 5.06 Å². The lowest BCUT2D eigenvalue weighted by atomic mass is 10.1. The minimum absolute atomic E-state index is 0.000188. The van der Waals surface area contributed by atoms with Gasteiger partial charge in [0.2, 0.25) is 0 Å². The molecule has 122 valence electrons. The second kappa shape index (κ2) is 6.66. The lowest BCUT2D eigenvalue weighted by molar-refractivity contribution is -0.167. The van der Waals surface area contributed by atoms with E-state index in [1.54, 1.807) is 12.1 Å². The zero-order chi connectivity index (χ0) is 17.1. The van der Waals surface area contributed by atoms with Gasteiger partial charge < -0.3 is 4.84 Å². The van der Waals surface area contributed by atoms with Crippen molar-refractivity contribution in [3.63, 3.8) is 0 Å². The van der Waals surface area contributed by atoms with E-state index in [-0.39, 0.29) is 17.5 Å². The average molecular weight is 323 g/mol. The summed E-state index contributed by atoms with van der Waals surface area (Å²) < 4.78 is 0. The summed E-state index contributed by atoms with van der Waals surface area (Å²) in [6.45, 7) is 2.10. The molecule has 3 rings (SSSR count). The van der Waals surface area contributed by atoms with Gasteiger partial charge in [-0.3, -0.25) is 9.59 Å². The number of hydrogen-bond donors (Lipinski definition) is 0. The van der Waals surface area contributed by atoms with Gasteiger partial charge in [0, 0.05) is 0 Å². The Hall–Kier alpha value is -2.95. The third-order valence-electron chi connectivity index (χ3n) is 3.86. The van der Waals surface area contributed by atoms with Gasteiger partial charge in [-0.1, -0.05) is 54.8 Å². The molecule has 2 aromatic carbocycles. The molecule has 2 amide bonds. The normalized spacial score (nSPS) is 13.1. The van der Waals surface area contributed by atoms with Gasteiger partial charge >= 0.3 is 5.97 Å². The van der Waals surface area contributed by atoms with Crippen molar-refractivity contribution < 1.29 is 19.2 Å². The first-order valence-electron chi connectivity index (χ1n) is 7.86. The van der Waals surface area contributed by atoms with Crippen LogP contribution in [0.25, 0.3) is 0 Å². The number of hydroxylamine groups is 2. The minimum Gasteiger partial charge on any atom is -0.329 e. The van der Waals surface area contributed by atoms with Crippen molar-refractivity contribution in [2.24, 2.45) is 0 Å². The Balaban J connectivity index is 1.65. The molecule has 0 aromatic heterocycles. The molecule has 0 radical (unpaired) electrons. The van der Waals surface area contributed by atoms with Crippen molar-refractivity contribution in [3.8, 4) is 0 Å². The SMILES string of the molecule is CCCc1ccc(CC(=O)ON2C(=O)c3ccccc3C2=O)cc1. The van der Waals surface area contributed by atoms with Crippen LogP contribution in [-0.2, 0) is 22.5 Å². The van der Waals surface area contributed by atoms with Crippen molar-refractivity contribution in [1.82, 2.24) is 5.06 Å². The van der Waals surface area contributed by atoms with Gasteiger partial charge in [0.25, 0.3) is 11.8 Å². The van der Waals surface area contributed by atoms with Crippen LogP contribution in [0.2, 0.25) is 0 Å². The molecule has 0 bridgehead atoms. The standard InChI is InChI=1S/C19H17NO4/c1-2-5-13-8-10-14(11-9-13)12-17(21)24-20-18(22)15-6-3-4-7-16(15)19(20)23/h3-4,6-11H,2,5,12H2,1H3. The Kier molecular flexibility index (Phi) is 4.42. The fourth-order valence-corrected chi connectivity index (χ4v) is 2.66. The maximum Gasteiger partial charge on any atom is 0.337 e. The van der Waals surface area contributed by atoms with Crippen LogP contribution in [0.4, 0.5) is 0 Å². The Bertz CT molecular complexity index is 760. The highest BCUT2D eigenvalue weighted by Crippen LogP contribution is 2.23. The molecule has 0 atom stereocenters. The first-order chi connectivity index (χ1) is 11.6. The summed E-state index contributed by atoms with van der Waals surface area (Å²) in [6, 6.07) is 14.0. The number of aryl methyl sites for hydroxylation is 1. The molecule has 24 heavy (non-hydrogen) atoms. The molecule has 1 heterocycles. The fourth-order valence-electron chi connectivity index (χ4n) is 2.66. The summed E-state index contributed by atoms with van der Waals surface area (Å²) in [4.78, 5) is 41.3. The predicted octanol–water partition coefficient (Wildman–Crippen LogP) is 2.94. The van der Waals surface area contributed by atoms with Crippen molar-refractivity contribution in [3.05, 3.63) is 70.8 Å². The highest BCUT2D eigenvalue weighted by molar-refractivity contribution is 6.20. The van der Waals surface area contributed by atoms with Crippen LogP contribution in [0, 0.1) is 0 Å². The molecule has 0 saturated carbocycles. The van der Waals surface area contributed by atoms with Crippen molar-refractivity contribution in [2.45, 2.75) is 26.2 Å². The van der Waals surface area contributed by atoms with Gasteiger partial charge in [0.1, 0.15) is 0 Å². The first-order valence-corrected chi connectivity index (χ1v) is 7.86.